The van der Waals surface area contributed by atoms with E-state index in [1.807, 2.05) is 16.8 Å². The van der Waals surface area contributed by atoms with E-state index in [1.54, 1.807) is 29.5 Å². The summed E-state index contributed by atoms with van der Waals surface area (Å²) in [6.45, 7) is 2.89. The molecule has 1 atom stereocenters. The van der Waals surface area contributed by atoms with Crippen LogP contribution in [0.5, 0.6) is 0 Å². The predicted octanol–water partition coefficient (Wildman–Crippen LogP) is 1.23. The Morgan fingerprint density at radius 1 is 1.33 bits per heavy atom. The van der Waals surface area contributed by atoms with Crippen molar-refractivity contribution >= 4 is 11.8 Å². The maximum Gasteiger partial charge on any atom is 0.274 e. The minimum Gasteiger partial charge on any atom is -0.348 e. The molecule has 27 heavy (non-hydrogen) atoms. The summed E-state index contributed by atoms with van der Waals surface area (Å²) in [5.74, 6) is 0.212. The van der Waals surface area contributed by atoms with E-state index in [0.717, 1.165) is 44.5 Å². The molecule has 1 N–H and O–H groups in total. The maximum atomic E-state index is 12.8. The van der Waals surface area contributed by atoms with Gasteiger partial charge in [0.05, 0.1) is 6.33 Å². The third kappa shape index (κ3) is 3.74. The lowest BCUT2D eigenvalue weighted by Gasteiger charge is -2.48. The second-order valence-corrected chi connectivity index (χ2v) is 7.85. The Balaban J connectivity index is 1.43. The lowest BCUT2D eigenvalue weighted by atomic mass is 9.73. The molecule has 144 valence electrons. The number of hydrogen-bond donors (Lipinski definition) is 1. The maximum absolute atomic E-state index is 12.8. The first-order chi connectivity index (χ1) is 13.0. The number of amides is 2. The molecular weight excluding hydrogens is 344 g/mol. The lowest BCUT2D eigenvalue weighted by molar-refractivity contribution is -0.138. The molecule has 0 unspecified atom stereocenters. The van der Waals surface area contributed by atoms with E-state index in [2.05, 4.69) is 15.1 Å². The first kappa shape index (κ1) is 17.8. The standard InChI is InChI=1S/C19H26N6O2/c1-23-9-5-16(22-23)18(27)25-8-2-6-19(13-25)7-3-17(26)24(12-19)10-4-15-11-20-14-21-15/h5,9,11,14H,2-4,6-8,10,12-13H2,1H3,(H,20,21)/t19-/m0/s1. The number of rotatable bonds is 4. The zero-order valence-corrected chi connectivity index (χ0v) is 15.7. The number of aromatic amines is 1. The van der Waals surface area contributed by atoms with Crippen LogP contribution in [0.25, 0.3) is 0 Å². The van der Waals surface area contributed by atoms with Crippen molar-refractivity contribution in [3.8, 4) is 0 Å². The lowest BCUT2D eigenvalue weighted by Crippen LogP contribution is -2.55. The second-order valence-electron chi connectivity index (χ2n) is 7.85. The van der Waals surface area contributed by atoms with Crippen LogP contribution in [0.4, 0.5) is 0 Å². The fourth-order valence-corrected chi connectivity index (χ4v) is 4.39. The van der Waals surface area contributed by atoms with Crippen LogP contribution in [0.3, 0.4) is 0 Å². The summed E-state index contributed by atoms with van der Waals surface area (Å²) in [4.78, 5) is 36.3. The molecule has 2 saturated heterocycles. The van der Waals surface area contributed by atoms with Crippen LogP contribution in [0.2, 0.25) is 0 Å². The van der Waals surface area contributed by atoms with Gasteiger partial charge < -0.3 is 14.8 Å². The second kappa shape index (κ2) is 7.17. The van der Waals surface area contributed by atoms with Gasteiger partial charge in [-0.15, -0.1) is 0 Å². The van der Waals surface area contributed by atoms with Crippen LogP contribution < -0.4 is 0 Å². The number of hydrogen-bond acceptors (Lipinski definition) is 4. The number of imidazole rings is 1. The fourth-order valence-electron chi connectivity index (χ4n) is 4.39. The number of carbonyl (C=O) groups excluding carboxylic acids is 2. The summed E-state index contributed by atoms with van der Waals surface area (Å²) in [7, 11) is 1.82. The Kier molecular flexibility index (Phi) is 4.72. The number of piperidine rings is 2. The number of aromatic nitrogens is 4. The zero-order valence-electron chi connectivity index (χ0n) is 15.7. The van der Waals surface area contributed by atoms with Crippen LogP contribution >= 0.6 is 0 Å². The van der Waals surface area contributed by atoms with E-state index in [4.69, 9.17) is 0 Å². The Morgan fingerprint density at radius 2 is 2.22 bits per heavy atom. The number of nitrogens with one attached hydrogen (secondary N) is 1. The molecule has 2 fully saturated rings. The van der Waals surface area contributed by atoms with Gasteiger partial charge in [-0.3, -0.25) is 14.3 Å². The number of likely N-dealkylation sites (tertiary alicyclic amines) is 2. The third-order valence-corrected chi connectivity index (χ3v) is 5.84. The molecule has 0 aromatic carbocycles. The van der Waals surface area contributed by atoms with E-state index in [1.165, 1.54) is 0 Å². The number of H-pyrrole nitrogens is 1. The largest absolute Gasteiger partial charge is 0.348 e. The van der Waals surface area contributed by atoms with Gasteiger partial charge >= 0.3 is 0 Å². The predicted molar refractivity (Wildman–Crippen MR) is 98.9 cm³/mol. The van der Waals surface area contributed by atoms with E-state index < -0.39 is 0 Å². The van der Waals surface area contributed by atoms with Crippen LogP contribution in [0.15, 0.2) is 24.8 Å². The highest BCUT2D eigenvalue weighted by Crippen LogP contribution is 2.39. The number of nitrogens with zero attached hydrogens (tertiary/aromatic N) is 5. The highest BCUT2D eigenvalue weighted by molar-refractivity contribution is 5.92. The normalized spacial score (nSPS) is 23.2. The van der Waals surface area contributed by atoms with E-state index in [0.29, 0.717) is 25.2 Å². The highest BCUT2D eigenvalue weighted by atomic mass is 16.2. The molecule has 8 nitrogen and oxygen atoms in total. The van der Waals surface area contributed by atoms with Crippen LogP contribution in [-0.2, 0) is 18.3 Å². The van der Waals surface area contributed by atoms with Gasteiger partial charge in [-0.05, 0) is 25.3 Å². The average Bonchev–Trinajstić information content (AvgIpc) is 3.34. The molecule has 1 spiro atoms. The van der Waals surface area contributed by atoms with E-state index in [-0.39, 0.29) is 17.2 Å². The summed E-state index contributed by atoms with van der Waals surface area (Å²) in [5.41, 5.74) is 1.54. The van der Waals surface area contributed by atoms with Gasteiger partial charge in [0.25, 0.3) is 5.91 Å². The van der Waals surface area contributed by atoms with Crippen LogP contribution in [-0.4, -0.2) is 67.5 Å². The number of aryl methyl sites for hydroxylation is 1. The molecule has 0 bridgehead atoms. The highest BCUT2D eigenvalue weighted by Gasteiger charge is 2.42. The molecule has 2 aromatic heterocycles. The molecule has 0 saturated carbocycles. The molecular formula is C19H26N6O2. The van der Waals surface area contributed by atoms with Crippen molar-refractivity contribution in [3.63, 3.8) is 0 Å². The fraction of sp³-hybridized carbons (Fsp3) is 0.579. The van der Waals surface area contributed by atoms with Crippen molar-refractivity contribution in [2.24, 2.45) is 12.5 Å². The van der Waals surface area contributed by atoms with Gasteiger partial charge in [0.2, 0.25) is 5.91 Å². The molecule has 2 aliphatic heterocycles. The Bertz CT molecular complexity index is 814. The van der Waals surface area contributed by atoms with E-state index in [9.17, 15) is 9.59 Å². The summed E-state index contributed by atoms with van der Waals surface area (Å²) >= 11 is 0. The molecule has 2 amide bonds. The van der Waals surface area contributed by atoms with Crippen molar-refractivity contribution in [3.05, 3.63) is 36.2 Å². The average molecular weight is 370 g/mol. The molecule has 8 heteroatoms. The van der Waals surface area contributed by atoms with Crippen molar-refractivity contribution in [1.82, 2.24) is 29.5 Å². The van der Waals surface area contributed by atoms with E-state index >= 15 is 0 Å². The first-order valence-corrected chi connectivity index (χ1v) is 9.59. The Labute approximate surface area is 158 Å². The van der Waals surface area contributed by atoms with Gasteiger partial charge in [0.15, 0.2) is 0 Å². The van der Waals surface area contributed by atoms with Crippen LogP contribution in [0, 0.1) is 5.41 Å². The Morgan fingerprint density at radius 3 is 2.96 bits per heavy atom. The first-order valence-electron chi connectivity index (χ1n) is 9.59. The van der Waals surface area contributed by atoms with Crippen molar-refractivity contribution in [2.75, 3.05) is 26.2 Å². The minimum atomic E-state index is -0.00409. The summed E-state index contributed by atoms with van der Waals surface area (Å²) in [6.07, 6.45) is 9.50. The summed E-state index contributed by atoms with van der Waals surface area (Å²) in [5, 5.41) is 4.26. The van der Waals surface area contributed by atoms with Crippen molar-refractivity contribution in [1.29, 1.82) is 0 Å². The van der Waals surface area contributed by atoms with Crippen molar-refractivity contribution in [2.45, 2.75) is 32.1 Å². The molecule has 4 rings (SSSR count). The van der Waals surface area contributed by atoms with Gasteiger partial charge in [0.1, 0.15) is 5.69 Å². The summed E-state index contributed by atoms with van der Waals surface area (Å²) in [6, 6.07) is 1.77. The van der Waals surface area contributed by atoms with Gasteiger partial charge in [-0.2, -0.15) is 5.10 Å². The van der Waals surface area contributed by atoms with Gasteiger partial charge in [-0.1, -0.05) is 0 Å². The van der Waals surface area contributed by atoms with Gasteiger partial charge in [-0.25, -0.2) is 4.98 Å². The molecule has 2 aliphatic rings. The molecule has 0 radical (unpaired) electrons. The third-order valence-electron chi connectivity index (χ3n) is 5.84. The van der Waals surface area contributed by atoms with Crippen molar-refractivity contribution < 1.29 is 9.59 Å². The number of carbonyl (C=O) groups is 2. The molecule has 2 aromatic rings. The Hall–Kier alpha value is -2.64. The SMILES string of the molecule is Cn1ccc(C(=O)N2CCC[C@@]3(CCC(=O)N(CCc4cnc[nH]4)C3)C2)n1. The quantitative estimate of drug-likeness (QED) is 0.877. The smallest absolute Gasteiger partial charge is 0.274 e. The topological polar surface area (TPSA) is 87.1 Å². The molecule has 0 aliphatic carbocycles. The monoisotopic (exact) mass is 370 g/mol. The molecule has 4 heterocycles. The zero-order chi connectivity index (χ0) is 18.9. The van der Waals surface area contributed by atoms with Crippen LogP contribution in [0.1, 0.15) is 41.9 Å². The summed E-state index contributed by atoms with van der Waals surface area (Å²) < 4.78 is 1.66. The van der Waals surface area contributed by atoms with Gasteiger partial charge in [0, 0.05) is 69.6 Å². The minimum absolute atomic E-state index is 0.00409.